The summed E-state index contributed by atoms with van der Waals surface area (Å²) in [5, 5.41) is 6.82. The Morgan fingerprint density at radius 3 is 2.52 bits per heavy atom. The van der Waals surface area contributed by atoms with E-state index in [1.807, 2.05) is 6.07 Å². The molecule has 128 valence electrons. The Morgan fingerprint density at radius 2 is 1.91 bits per heavy atom. The van der Waals surface area contributed by atoms with E-state index < -0.39 is 10.2 Å². The van der Waals surface area contributed by atoms with Crippen LogP contribution in [0.15, 0.2) is 41.4 Å². The molecule has 8 heteroatoms. The number of nitrogens with one attached hydrogen (secondary N) is 2. The fourth-order valence-electron chi connectivity index (χ4n) is 1.90. The van der Waals surface area contributed by atoms with E-state index in [2.05, 4.69) is 52.9 Å². The molecule has 0 fully saturated rings. The third kappa shape index (κ3) is 9.88. The molecular weight excluding hydrogens is 322 g/mol. The zero-order valence-electron chi connectivity index (χ0n) is 13.0. The number of benzene rings is 1. The fraction of sp³-hybridized carbons (Fsp3) is 0.400. The molecule has 3 N–H and O–H groups in total. The average Bonchev–Trinajstić information content (AvgIpc) is 2.73. The normalized spacial score (nSPS) is 14.5. The minimum atomic E-state index is -4.69. The van der Waals surface area contributed by atoms with Crippen LogP contribution in [-0.4, -0.2) is 30.1 Å². The molecule has 0 saturated carbocycles. The predicted octanol–water partition coefficient (Wildman–Crippen LogP) is -1.71. The van der Waals surface area contributed by atoms with Crippen LogP contribution >= 0.6 is 0 Å². The van der Waals surface area contributed by atoms with E-state index in [1.54, 1.807) is 0 Å². The van der Waals surface area contributed by atoms with E-state index in [0.717, 1.165) is 31.2 Å². The lowest BCUT2D eigenvalue weighted by Crippen LogP contribution is -2.58. The summed E-state index contributed by atoms with van der Waals surface area (Å²) in [6.45, 7) is 4.90. The first kappa shape index (κ1) is 19.4. The van der Waals surface area contributed by atoms with E-state index in [4.69, 9.17) is 18.6 Å². The summed E-state index contributed by atoms with van der Waals surface area (Å²) in [5.41, 5.74) is 2.36. The lowest BCUT2D eigenvalue weighted by atomic mass is 10.1. The van der Waals surface area contributed by atoms with Gasteiger partial charge in [-0.05, 0) is 12.0 Å². The van der Waals surface area contributed by atoms with Crippen molar-refractivity contribution in [3.63, 3.8) is 0 Å². The number of hydrogen-bond donors (Lipinski definition) is 3. The second-order valence-corrected chi connectivity index (χ2v) is 5.59. The van der Waals surface area contributed by atoms with Crippen LogP contribution in [0.5, 0.6) is 0 Å². The molecule has 1 aliphatic heterocycles. The summed E-state index contributed by atoms with van der Waals surface area (Å²) in [4.78, 5) is 4.54. The highest BCUT2D eigenvalue weighted by atomic mass is 35.7. The fourth-order valence-corrected chi connectivity index (χ4v) is 1.90. The number of nitrogens with zero attached hydrogens (tertiary/aromatic N) is 1. The Labute approximate surface area is 138 Å². The van der Waals surface area contributed by atoms with Crippen LogP contribution in [0.2, 0.25) is 0 Å². The van der Waals surface area contributed by atoms with Crippen molar-refractivity contribution < 1.29 is 28.9 Å². The van der Waals surface area contributed by atoms with Crippen LogP contribution in [0.1, 0.15) is 25.3 Å². The van der Waals surface area contributed by atoms with Crippen LogP contribution in [0.3, 0.4) is 0 Å². The molecule has 0 radical (unpaired) electrons. The number of amidine groups is 1. The van der Waals surface area contributed by atoms with Gasteiger partial charge in [-0.25, -0.2) is 0 Å². The molecular formula is C15H22ClN3O4. The first-order valence-electron chi connectivity index (χ1n) is 7.32. The quantitative estimate of drug-likeness (QED) is 0.559. The summed E-state index contributed by atoms with van der Waals surface area (Å²) >= 11 is 0. The van der Waals surface area contributed by atoms with Gasteiger partial charge < -0.3 is 10.6 Å². The van der Waals surface area contributed by atoms with Crippen molar-refractivity contribution in [3.8, 4) is 0 Å². The molecule has 0 aliphatic carbocycles. The van der Waals surface area contributed by atoms with Gasteiger partial charge in [-0.2, -0.15) is 14.0 Å². The molecule has 0 aromatic heterocycles. The summed E-state index contributed by atoms with van der Waals surface area (Å²) in [6.07, 6.45) is 4.49. The lowest BCUT2D eigenvalue weighted by molar-refractivity contribution is -1.92. The van der Waals surface area contributed by atoms with Crippen LogP contribution in [-0.2, 0) is 0 Å². The third-order valence-electron chi connectivity index (χ3n) is 2.91. The maximum absolute atomic E-state index is 8.60. The highest BCUT2D eigenvalue weighted by Crippen LogP contribution is 2.11. The molecule has 1 aliphatic rings. The van der Waals surface area contributed by atoms with Gasteiger partial charge in [-0.3, -0.25) is 4.99 Å². The highest BCUT2D eigenvalue weighted by molar-refractivity contribution is 5.99. The predicted molar refractivity (Wildman–Crippen MR) is 79.9 cm³/mol. The zero-order chi connectivity index (χ0) is 17.1. The third-order valence-corrected chi connectivity index (χ3v) is 2.91. The SMILES string of the molecule is CCCCNC1=NCCNC(c2ccccc2)=C1.[O-][Cl+3]([O-])([O-])O. The molecule has 0 unspecified atom stereocenters. The summed E-state index contributed by atoms with van der Waals surface area (Å²) in [6, 6.07) is 10.4. The van der Waals surface area contributed by atoms with Crippen molar-refractivity contribution in [1.82, 2.24) is 10.6 Å². The van der Waals surface area contributed by atoms with Crippen molar-refractivity contribution in [2.24, 2.45) is 4.99 Å². The maximum Gasteiger partial charge on any atom is 0.122 e. The molecule has 0 spiro atoms. The monoisotopic (exact) mass is 343 g/mol. The van der Waals surface area contributed by atoms with Gasteiger partial charge in [0.2, 0.25) is 0 Å². The Balaban J connectivity index is 0.000000463. The molecule has 7 nitrogen and oxygen atoms in total. The number of halogens is 1. The van der Waals surface area contributed by atoms with E-state index in [-0.39, 0.29) is 0 Å². The van der Waals surface area contributed by atoms with Crippen LogP contribution in [0.25, 0.3) is 5.70 Å². The number of unbranched alkanes of at least 4 members (excludes halogenated alkanes) is 1. The van der Waals surface area contributed by atoms with Crippen molar-refractivity contribution in [2.45, 2.75) is 19.8 Å². The van der Waals surface area contributed by atoms with Gasteiger partial charge in [0, 0.05) is 24.9 Å². The number of hydrogen-bond acceptors (Lipinski definition) is 7. The van der Waals surface area contributed by atoms with Crippen molar-refractivity contribution in [3.05, 3.63) is 42.0 Å². The summed E-state index contributed by atoms with van der Waals surface area (Å²) in [5.74, 6) is 0.993. The molecule has 23 heavy (non-hydrogen) atoms. The van der Waals surface area contributed by atoms with Gasteiger partial charge in [0.15, 0.2) is 0 Å². The zero-order valence-corrected chi connectivity index (χ0v) is 13.8. The van der Waals surface area contributed by atoms with Gasteiger partial charge in [-0.15, -0.1) is 0 Å². The Bertz CT molecular complexity index is 509. The minimum absolute atomic E-state index is 0.821. The molecule has 0 bridgehead atoms. The van der Waals surface area contributed by atoms with Crippen LogP contribution in [0, 0.1) is 10.2 Å². The molecule has 1 aromatic rings. The summed E-state index contributed by atoms with van der Waals surface area (Å²) in [7, 11) is -4.69. The topological polar surface area (TPSA) is 126 Å². The summed E-state index contributed by atoms with van der Waals surface area (Å²) < 4.78 is 32.7. The van der Waals surface area contributed by atoms with E-state index >= 15 is 0 Å². The van der Waals surface area contributed by atoms with Gasteiger partial charge in [-0.1, -0.05) is 43.7 Å². The second kappa shape index (κ2) is 10.2. The van der Waals surface area contributed by atoms with Gasteiger partial charge >= 0.3 is 0 Å². The molecule has 0 saturated heterocycles. The lowest BCUT2D eigenvalue weighted by Gasteiger charge is -2.09. The van der Waals surface area contributed by atoms with Crippen LogP contribution < -0.4 is 24.6 Å². The van der Waals surface area contributed by atoms with Crippen LogP contribution in [0.4, 0.5) is 0 Å². The van der Waals surface area contributed by atoms with Gasteiger partial charge in [0.25, 0.3) is 0 Å². The standard InChI is InChI=1S/C15H21N3.ClHO4/c1-2-3-9-17-15-12-14(16-10-11-18-15)13-7-5-4-6-8-13;2-1(3,4)5/h4-8,12,16H,2-3,9-11H2,1H3,(H,17,18);(H,2,3,4,5). The van der Waals surface area contributed by atoms with Crippen molar-refractivity contribution in [2.75, 3.05) is 19.6 Å². The molecule has 1 aromatic carbocycles. The molecule has 0 amide bonds. The van der Waals surface area contributed by atoms with E-state index in [0.29, 0.717) is 0 Å². The smallest absolute Gasteiger partial charge is 0.122 e. The van der Waals surface area contributed by atoms with Crippen molar-refractivity contribution >= 4 is 11.5 Å². The second-order valence-electron chi connectivity index (χ2n) is 4.79. The minimum Gasteiger partial charge on any atom is -0.383 e. The van der Waals surface area contributed by atoms with E-state index in [9.17, 15) is 0 Å². The molecule has 2 rings (SSSR count). The highest BCUT2D eigenvalue weighted by Gasteiger charge is 2.06. The Kier molecular flexibility index (Phi) is 8.60. The van der Waals surface area contributed by atoms with Gasteiger partial charge in [0.1, 0.15) is 5.84 Å². The number of rotatable bonds is 4. The largest absolute Gasteiger partial charge is 0.383 e. The Morgan fingerprint density at radius 1 is 1.26 bits per heavy atom. The first-order valence-corrected chi connectivity index (χ1v) is 8.59. The first-order chi connectivity index (χ1) is 10.9. The molecule has 1 heterocycles. The molecule has 0 atom stereocenters. The average molecular weight is 344 g/mol. The van der Waals surface area contributed by atoms with Gasteiger partial charge in [0.05, 0.1) is 21.4 Å². The Hall–Kier alpha value is -1.64. The van der Waals surface area contributed by atoms with E-state index in [1.165, 1.54) is 18.4 Å². The van der Waals surface area contributed by atoms with Crippen molar-refractivity contribution in [1.29, 1.82) is 0 Å². The maximum atomic E-state index is 8.60. The number of aliphatic imine (C=N–C) groups is 1.